The van der Waals surface area contributed by atoms with Crippen molar-refractivity contribution < 1.29 is 0 Å². The van der Waals surface area contributed by atoms with Crippen molar-refractivity contribution in [2.24, 2.45) is 0 Å². The Morgan fingerprint density at radius 1 is 0.429 bits per heavy atom. The van der Waals surface area contributed by atoms with Crippen LogP contribution in [0.3, 0.4) is 0 Å². The highest BCUT2D eigenvalue weighted by Crippen LogP contribution is 1.62. The van der Waals surface area contributed by atoms with Crippen molar-refractivity contribution in [1.29, 1.82) is 0 Å². The smallest absolute Gasteiger partial charge is 0.00601 e. The van der Waals surface area contributed by atoms with Crippen molar-refractivity contribution >= 4 is 0 Å². The third-order valence-corrected chi connectivity index (χ3v) is 0.354. The first-order valence-corrected chi connectivity index (χ1v) is 9.81. The molecule has 0 heterocycles. The van der Waals surface area contributed by atoms with E-state index in [4.69, 9.17) is 0 Å². The summed E-state index contributed by atoms with van der Waals surface area (Å²) in [5, 5.41) is 0. The third-order valence-electron chi connectivity index (χ3n) is 0.354. The molecule has 0 aromatic rings. The van der Waals surface area contributed by atoms with Gasteiger partial charge in [-0.1, -0.05) is 118 Å². The molecule has 0 radical (unpaired) electrons. The van der Waals surface area contributed by atoms with Gasteiger partial charge in [0, 0.05) is 6.42 Å². The minimum atomic E-state index is 0.983. The van der Waals surface area contributed by atoms with Crippen LogP contribution in [0.4, 0.5) is 0 Å². The second-order valence-corrected chi connectivity index (χ2v) is 0.780. The third kappa shape index (κ3) is 2480. The predicted molar refractivity (Wildman–Crippen MR) is 115 cm³/mol. The molecule has 0 amide bonds. The normalized spacial score (nSPS) is 3.52. The zero-order chi connectivity index (χ0) is 20.1. The molecule has 0 nitrogen and oxygen atoms in total. The summed E-state index contributed by atoms with van der Waals surface area (Å²) < 4.78 is 0. The van der Waals surface area contributed by atoms with Crippen molar-refractivity contribution in [2.45, 2.75) is 131 Å². The Balaban J connectivity index is -0.0000000115. The molecule has 140 valence electrons. The van der Waals surface area contributed by atoms with Gasteiger partial charge in [0.05, 0.1) is 0 Å². The van der Waals surface area contributed by atoms with Crippen LogP contribution in [0.25, 0.3) is 0 Å². The molecule has 0 bridgehead atoms. The van der Waals surface area contributed by atoms with E-state index in [0.29, 0.717) is 0 Å². The maximum atomic E-state index is 2.86. The Labute approximate surface area is 143 Å². The van der Waals surface area contributed by atoms with Gasteiger partial charge in [-0.15, -0.1) is 11.8 Å². The fraction of sp³-hybridized carbons (Fsp3) is 0.905. The van der Waals surface area contributed by atoms with E-state index in [1.54, 1.807) is 0 Å². The number of rotatable bonds is 0. The van der Waals surface area contributed by atoms with E-state index in [0.717, 1.165) is 6.42 Å². The van der Waals surface area contributed by atoms with E-state index in [9.17, 15) is 0 Å². The van der Waals surface area contributed by atoms with Crippen molar-refractivity contribution in [3.63, 3.8) is 0 Å². The molecular weight excluding hydrogens is 252 g/mol. The van der Waals surface area contributed by atoms with Crippen LogP contribution >= 0.6 is 0 Å². The van der Waals surface area contributed by atoms with Crippen LogP contribution in [0.1, 0.15) is 131 Å². The van der Waals surface area contributed by atoms with E-state index in [1.807, 2.05) is 125 Å². The summed E-state index contributed by atoms with van der Waals surface area (Å²) in [4.78, 5) is 0. The minimum absolute atomic E-state index is 0.983. The molecule has 0 heteroatoms. The highest BCUT2D eigenvalue weighted by molar-refractivity contribution is 4.92. The lowest BCUT2D eigenvalue weighted by Crippen LogP contribution is -1.45. The SMILES string of the molecule is CC.CC.CC.CC.CC.CC.CC.CC.CC#CCC. The van der Waals surface area contributed by atoms with Crippen LogP contribution in [-0.2, 0) is 0 Å². The molecule has 0 rings (SSSR count). The first kappa shape index (κ1) is 58.9. The van der Waals surface area contributed by atoms with Gasteiger partial charge in [0.2, 0.25) is 0 Å². The fourth-order valence-corrected chi connectivity index (χ4v) is 0.177. The van der Waals surface area contributed by atoms with E-state index in [2.05, 4.69) is 11.8 Å². The van der Waals surface area contributed by atoms with Crippen LogP contribution in [0.2, 0.25) is 0 Å². The van der Waals surface area contributed by atoms with E-state index < -0.39 is 0 Å². The molecular formula is C21H56. The van der Waals surface area contributed by atoms with Crippen LogP contribution < -0.4 is 0 Å². The second kappa shape index (κ2) is 1030. The highest BCUT2D eigenvalue weighted by Gasteiger charge is 1.48. The molecule has 0 aromatic heterocycles. The lowest BCUT2D eigenvalue weighted by Gasteiger charge is -1.58. The van der Waals surface area contributed by atoms with E-state index in [-0.39, 0.29) is 0 Å². The lowest BCUT2D eigenvalue weighted by molar-refractivity contribution is 1.28. The van der Waals surface area contributed by atoms with Gasteiger partial charge >= 0.3 is 0 Å². The Bertz CT molecular complexity index is 52.2. The first-order chi connectivity index (χ1) is 10.4. The molecule has 0 aromatic carbocycles. The molecule has 0 saturated carbocycles. The van der Waals surface area contributed by atoms with Gasteiger partial charge in [-0.05, 0) is 6.92 Å². The summed E-state index contributed by atoms with van der Waals surface area (Å²) in [5.74, 6) is 5.63. The second-order valence-electron chi connectivity index (χ2n) is 0.780. The van der Waals surface area contributed by atoms with E-state index >= 15 is 0 Å². The molecule has 0 unspecified atom stereocenters. The van der Waals surface area contributed by atoms with Crippen molar-refractivity contribution in [2.75, 3.05) is 0 Å². The minimum Gasteiger partial charge on any atom is -0.107 e. The topological polar surface area (TPSA) is 0 Å². The summed E-state index contributed by atoms with van der Waals surface area (Å²) in [7, 11) is 0. The van der Waals surface area contributed by atoms with Crippen molar-refractivity contribution in [3.05, 3.63) is 0 Å². The largest absolute Gasteiger partial charge is 0.107 e. The molecule has 0 atom stereocenters. The molecule has 0 N–H and O–H groups in total. The van der Waals surface area contributed by atoms with Crippen molar-refractivity contribution in [1.82, 2.24) is 0 Å². The van der Waals surface area contributed by atoms with Gasteiger partial charge in [-0.25, -0.2) is 0 Å². The molecule has 0 aliphatic heterocycles. The standard InChI is InChI=1S/C5H8.8C2H6/c1-3-5-4-2;8*1-2/h3H2,1-2H3;8*1-2H3. The monoisotopic (exact) mass is 308 g/mol. The van der Waals surface area contributed by atoms with Gasteiger partial charge in [-0.3, -0.25) is 0 Å². The summed E-state index contributed by atoms with van der Waals surface area (Å²) in [5.41, 5.74) is 0. The van der Waals surface area contributed by atoms with Gasteiger partial charge in [-0.2, -0.15) is 0 Å². The van der Waals surface area contributed by atoms with Crippen molar-refractivity contribution in [3.8, 4) is 11.8 Å². The number of hydrogen-bond donors (Lipinski definition) is 0. The predicted octanol–water partition coefficient (Wildman–Crippen LogP) is 9.63. The van der Waals surface area contributed by atoms with Crippen LogP contribution in [0.5, 0.6) is 0 Å². The zero-order valence-electron chi connectivity index (χ0n) is 19.7. The fourth-order valence-electron chi connectivity index (χ4n) is 0.177. The molecule has 21 heavy (non-hydrogen) atoms. The maximum absolute atomic E-state index is 2.86. The quantitative estimate of drug-likeness (QED) is 0.391. The number of hydrogen-bond acceptors (Lipinski definition) is 0. The summed E-state index contributed by atoms with van der Waals surface area (Å²) in [6.07, 6.45) is 0.983. The van der Waals surface area contributed by atoms with Crippen LogP contribution in [-0.4, -0.2) is 0 Å². The average Bonchev–Trinajstić information content (AvgIpc) is 2.69. The van der Waals surface area contributed by atoms with Gasteiger partial charge < -0.3 is 0 Å². The molecule has 0 saturated heterocycles. The molecule has 0 aliphatic carbocycles. The molecule has 0 spiro atoms. The molecule has 0 fully saturated rings. The Morgan fingerprint density at radius 2 is 0.571 bits per heavy atom. The lowest BCUT2D eigenvalue weighted by atomic mass is 10.5. The van der Waals surface area contributed by atoms with Gasteiger partial charge in [0.15, 0.2) is 0 Å². The highest BCUT2D eigenvalue weighted by atomic mass is 13.5. The average molecular weight is 309 g/mol. The van der Waals surface area contributed by atoms with Crippen LogP contribution in [0, 0.1) is 11.8 Å². The summed E-state index contributed by atoms with van der Waals surface area (Å²) in [6.45, 7) is 35.9. The Morgan fingerprint density at radius 3 is 0.571 bits per heavy atom. The summed E-state index contributed by atoms with van der Waals surface area (Å²) >= 11 is 0. The first-order valence-electron chi connectivity index (χ1n) is 9.81. The van der Waals surface area contributed by atoms with Crippen LogP contribution in [0.15, 0.2) is 0 Å². The zero-order valence-corrected chi connectivity index (χ0v) is 19.7. The summed E-state index contributed by atoms with van der Waals surface area (Å²) in [6, 6.07) is 0. The Hall–Kier alpha value is -0.440. The Kier molecular flexibility index (Phi) is 2880. The van der Waals surface area contributed by atoms with Gasteiger partial charge in [0.1, 0.15) is 0 Å². The van der Waals surface area contributed by atoms with E-state index in [1.165, 1.54) is 0 Å². The molecule has 0 aliphatic rings. The van der Waals surface area contributed by atoms with Gasteiger partial charge in [0.25, 0.3) is 0 Å². The maximum Gasteiger partial charge on any atom is 0.00601 e.